The molecule has 47 heavy (non-hydrogen) atoms. The van der Waals surface area contributed by atoms with E-state index in [4.69, 9.17) is 39.9 Å². The number of carbonyl (C=O) groups is 1. The third-order valence-corrected chi connectivity index (χ3v) is 10.6. The predicted molar refractivity (Wildman–Crippen MR) is 187 cm³/mol. The first-order valence-electron chi connectivity index (χ1n) is 15.4. The molecule has 0 saturated carbocycles. The Morgan fingerprint density at radius 2 is 1.60 bits per heavy atom. The first-order chi connectivity index (χ1) is 22.8. The minimum absolute atomic E-state index is 0.0942. The topological polar surface area (TPSA) is 96.8 Å². The summed E-state index contributed by atoms with van der Waals surface area (Å²) in [6.07, 6.45) is 5.84. The number of nitrogens with zero attached hydrogens (tertiary/aromatic N) is 5. The number of amides is 1. The van der Waals surface area contributed by atoms with E-state index in [1.165, 1.54) is 15.8 Å². The van der Waals surface area contributed by atoms with E-state index in [2.05, 4.69) is 17.3 Å². The molecule has 2 aromatic carbocycles. The molecule has 2 saturated heterocycles. The second-order valence-electron chi connectivity index (χ2n) is 11.3. The fourth-order valence-corrected chi connectivity index (χ4v) is 7.87. The largest absolute Gasteiger partial charge is 0.759 e. The van der Waals surface area contributed by atoms with Crippen molar-refractivity contribution in [2.24, 2.45) is 0 Å². The number of hydrogen-bond donors (Lipinski definition) is 1. The molecule has 2 aromatic heterocycles. The van der Waals surface area contributed by atoms with Crippen LogP contribution >= 0.6 is 46.1 Å². The molecular weight excluding hydrogens is 699 g/mol. The highest BCUT2D eigenvalue weighted by atomic mass is 35.5. The van der Waals surface area contributed by atoms with Crippen molar-refractivity contribution in [3.63, 3.8) is 0 Å². The Labute approximate surface area is 295 Å². The van der Waals surface area contributed by atoms with Crippen molar-refractivity contribution in [3.05, 3.63) is 91.4 Å². The zero-order valence-corrected chi connectivity index (χ0v) is 29.3. The van der Waals surface area contributed by atoms with Crippen LogP contribution in [-0.4, -0.2) is 65.1 Å². The maximum atomic E-state index is 14.0. The van der Waals surface area contributed by atoms with E-state index >= 15 is 0 Å². The van der Waals surface area contributed by atoms with Gasteiger partial charge in [0, 0.05) is 58.6 Å². The lowest BCUT2D eigenvalue weighted by Crippen LogP contribution is -2.47. The van der Waals surface area contributed by atoms with Gasteiger partial charge < -0.3 is 4.55 Å². The van der Waals surface area contributed by atoms with E-state index in [9.17, 15) is 13.6 Å². The summed E-state index contributed by atoms with van der Waals surface area (Å²) in [5.41, 5.74) is 5.46. The van der Waals surface area contributed by atoms with Crippen LogP contribution in [0, 0.1) is 11.8 Å². The molecule has 2 aliphatic heterocycles. The molecule has 4 aromatic rings. The van der Waals surface area contributed by atoms with E-state index in [0.29, 0.717) is 45.1 Å². The number of piperidine rings is 2. The predicted octanol–water partition coefficient (Wildman–Crippen LogP) is 7.09. The van der Waals surface area contributed by atoms with Crippen LogP contribution in [0.2, 0.25) is 15.1 Å². The van der Waals surface area contributed by atoms with Crippen molar-refractivity contribution in [1.82, 2.24) is 29.6 Å². The van der Waals surface area contributed by atoms with Gasteiger partial charge in [-0.05, 0) is 80.3 Å². The van der Waals surface area contributed by atoms with Gasteiger partial charge in [-0.3, -0.25) is 14.4 Å². The van der Waals surface area contributed by atoms with Gasteiger partial charge in [0.1, 0.15) is 0 Å². The number of hydrazine groups is 2. The quantitative estimate of drug-likeness (QED) is 0.154. The summed E-state index contributed by atoms with van der Waals surface area (Å²) in [4.78, 5) is 15.5. The molecule has 1 amide bonds. The molecule has 1 N–H and O–H groups in total. The van der Waals surface area contributed by atoms with Crippen LogP contribution in [0.4, 0.5) is 0 Å². The molecule has 6 rings (SSSR count). The van der Waals surface area contributed by atoms with Gasteiger partial charge in [0.25, 0.3) is 5.91 Å². The highest BCUT2D eigenvalue weighted by Gasteiger charge is 2.31. The molecule has 9 nitrogen and oxygen atoms in total. The Morgan fingerprint density at radius 3 is 2.28 bits per heavy atom. The van der Waals surface area contributed by atoms with Gasteiger partial charge >= 0.3 is 0 Å². The summed E-state index contributed by atoms with van der Waals surface area (Å²) < 4.78 is 28.4. The van der Waals surface area contributed by atoms with Crippen LogP contribution in [0.15, 0.2) is 54.6 Å². The molecule has 0 bridgehead atoms. The van der Waals surface area contributed by atoms with Crippen molar-refractivity contribution < 1.29 is 13.6 Å². The van der Waals surface area contributed by atoms with Crippen LogP contribution in [0.25, 0.3) is 16.3 Å². The fraction of sp³-hybridized carbons (Fsp3) is 0.333. The summed E-state index contributed by atoms with van der Waals surface area (Å²) >= 11 is 17.8. The van der Waals surface area contributed by atoms with E-state index in [0.717, 1.165) is 66.9 Å². The van der Waals surface area contributed by atoms with Gasteiger partial charge in [-0.15, -0.1) is 11.3 Å². The molecule has 1 atom stereocenters. The van der Waals surface area contributed by atoms with Crippen molar-refractivity contribution in [2.75, 3.05) is 26.2 Å². The lowest BCUT2D eigenvalue weighted by molar-refractivity contribution is 0.0303. The van der Waals surface area contributed by atoms with Crippen molar-refractivity contribution in [1.29, 1.82) is 0 Å². The zero-order valence-electron chi connectivity index (χ0n) is 25.4. The number of rotatable bonds is 8. The molecular formula is C33H32Cl3N6O3S2-. The van der Waals surface area contributed by atoms with Crippen molar-refractivity contribution in [2.45, 2.75) is 45.1 Å². The fourth-order valence-electron chi connectivity index (χ4n) is 5.75. The standard InChI is InChI=1S/C33H33Cl3N6O3S2/c34-24-10-7-23(8-11-24)9-13-26-14-16-30(46-26)32-27(22-41(47(44)45)40-19-5-2-6-20-40)31(33(43)38-39-17-3-1-4-18-39)37-42(32)29-15-12-25(35)21-28(29)36/h7-8,10-12,14-16,21H,1-6,17-20,22H2,(H,38,43)(H,44,45)/p-1. The summed E-state index contributed by atoms with van der Waals surface area (Å²) in [7, 11) is 0. The first-order valence-corrected chi connectivity index (χ1v) is 18.4. The highest BCUT2D eigenvalue weighted by molar-refractivity contribution is 7.76. The number of hydrogen-bond acceptors (Lipinski definition) is 7. The van der Waals surface area contributed by atoms with Gasteiger partial charge in [-0.1, -0.05) is 59.5 Å². The molecule has 0 spiro atoms. The van der Waals surface area contributed by atoms with Gasteiger partial charge in [0.05, 0.1) is 32.7 Å². The van der Waals surface area contributed by atoms with Gasteiger partial charge in [0.15, 0.2) is 5.69 Å². The van der Waals surface area contributed by atoms with Crippen LogP contribution in [0.1, 0.15) is 65.0 Å². The molecule has 4 heterocycles. The Morgan fingerprint density at radius 1 is 0.915 bits per heavy atom. The Kier molecular flexibility index (Phi) is 11.4. The second kappa shape index (κ2) is 15.6. The zero-order chi connectivity index (χ0) is 32.9. The smallest absolute Gasteiger partial charge is 0.286 e. The molecule has 14 heteroatoms. The first kappa shape index (κ1) is 34.1. The Bertz CT molecular complexity index is 1820. The van der Waals surface area contributed by atoms with Gasteiger partial charge in [0.2, 0.25) is 0 Å². The van der Waals surface area contributed by atoms with E-state index in [1.54, 1.807) is 35.0 Å². The minimum Gasteiger partial charge on any atom is -0.759 e. The molecule has 246 valence electrons. The molecule has 0 radical (unpaired) electrons. The van der Waals surface area contributed by atoms with Crippen LogP contribution in [-0.2, 0) is 17.8 Å². The van der Waals surface area contributed by atoms with E-state index in [1.807, 2.05) is 34.3 Å². The lowest BCUT2D eigenvalue weighted by Gasteiger charge is -2.38. The number of nitrogens with one attached hydrogen (secondary N) is 1. The van der Waals surface area contributed by atoms with E-state index < -0.39 is 17.2 Å². The Hall–Kier alpha value is -2.76. The SMILES string of the molecule is O=C(NN1CCCCC1)c1nn(-c2ccc(Cl)cc2Cl)c(-c2ccc(C#Cc3ccc(Cl)cc3)s2)c1CN(N1CCCCC1)S(=O)[O-]. The maximum Gasteiger partial charge on any atom is 0.286 e. The third kappa shape index (κ3) is 8.28. The third-order valence-electron chi connectivity index (χ3n) is 8.08. The second-order valence-corrected chi connectivity index (χ2v) is 14.6. The highest BCUT2D eigenvalue weighted by Crippen LogP contribution is 2.37. The molecule has 0 aliphatic carbocycles. The van der Waals surface area contributed by atoms with Crippen molar-refractivity contribution >= 4 is 63.3 Å². The minimum atomic E-state index is -2.60. The number of benzene rings is 2. The lowest BCUT2D eigenvalue weighted by atomic mass is 10.1. The normalized spacial score (nSPS) is 16.5. The average molecular weight is 731 g/mol. The Balaban J connectivity index is 1.49. The molecule has 2 aliphatic rings. The van der Waals surface area contributed by atoms with Crippen LogP contribution in [0.5, 0.6) is 0 Å². The van der Waals surface area contributed by atoms with Crippen LogP contribution < -0.4 is 5.43 Å². The number of thiophene rings is 1. The average Bonchev–Trinajstić information content (AvgIpc) is 3.69. The van der Waals surface area contributed by atoms with E-state index in [-0.39, 0.29) is 12.2 Å². The summed E-state index contributed by atoms with van der Waals surface area (Å²) in [5.74, 6) is 5.96. The van der Waals surface area contributed by atoms with Gasteiger partial charge in [-0.2, -0.15) is 9.51 Å². The van der Waals surface area contributed by atoms with Crippen LogP contribution in [0.3, 0.4) is 0 Å². The summed E-state index contributed by atoms with van der Waals surface area (Å²) in [6.45, 7) is 2.55. The number of carbonyl (C=O) groups excluding carboxylic acids is 1. The number of aromatic nitrogens is 2. The maximum absolute atomic E-state index is 14.0. The summed E-state index contributed by atoms with van der Waals surface area (Å²) in [5, 5.41) is 9.98. The summed E-state index contributed by atoms with van der Waals surface area (Å²) in [6, 6.07) is 16.1. The number of halogens is 3. The van der Waals surface area contributed by atoms with Crippen molar-refractivity contribution in [3.8, 4) is 28.1 Å². The molecule has 1 unspecified atom stereocenters. The van der Waals surface area contributed by atoms with Gasteiger partial charge in [-0.25, -0.2) is 14.7 Å². The molecule has 2 fully saturated rings. The monoisotopic (exact) mass is 729 g/mol.